The number of hydrogen-bond acceptors (Lipinski definition) is 3. The summed E-state index contributed by atoms with van der Waals surface area (Å²) in [6.07, 6.45) is 0. The lowest BCUT2D eigenvalue weighted by molar-refractivity contribution is 0.413. The van der Waals surface area contributed by atoms with Crippen molar-refractivity contribution >= 4 is 15.9 Å². The van der Waals surface area contributed by atoms with E-state index in [-0.39, 0.29) is 6.04 Å². The number of hydrogen-bond donors (Lipinski definition) is 2. The Kier molecular flexibility index (Phi) is 4.58. The molecule has 4 heteroatoms. The first kappa shape index (κ1) is 14.1. The second-order valence-corrected chi connectivity index (χ2v) is 5.25. The van der Waals surface area contributed by atoms with Crippen LogP contribution >= 0.6 is 15.9 Å². The molecule has 2 aromatic carbocycles. The van der Waals surface area contributed by atoms with E-state index in [9.17, 15) is 0 Å². The van der Waals surface area contributed by atoms with Crippen LogP contribution in [0.3, 0.4) is 0 Å². The van der Waals surface area contributed by atoms with Crippen LogP contribution in [0, 0.1) is 6.92 Å². The van der Waals surface area contributed by atoms with E-state index in [2.05, 4.69) is 52.5 Å². The third-order valence-electron chi connectivity index (χ3n) is 3.09. The second kappa shape index (κ2) is 6.19. The van der Waals surface area contributed by atoms with Crippen molar-refractivity contribution in [3.63, 3.8) is 0 Å². The van der Waals surface area contributed by atoms with Crippen LogP contribution in [0.1, 0.15) is 22.7 Å². The molecule has 0 spiro atoms. The fraction of sp³-hybridized carbons (Fsp3) is 0.200. The van der Waals surface area contributed by atoms with E-state index in [4.69, 9.17) is 10.6 Å². The van der Waals surface area contributed by atoms with Crippen LogP contribution < -0.4 is 16.0 Å². The first-order chi connectivity index (χ1) is 9.15. The molecule has 0 aliphatic carbocycles. The Balaban J connectivity index is 2.44. The monoisotopic (exact) mass is 320 g/mol. The molecule has 0 amide bonds. The lowest BCUT2D eigenvalue weighted by Gasteiger charge is -2.19. The molecule has 1 atom stereocenters. The first-order valence-corrected chi connectivity index (χ1v) is 6.81. The molecule has 1 unspecified atom stereocenters. The zero-order chi connectivity index (χ0) is 13.8. The van der Waals surface area contributed by atoms with Crippen molar-refractivity contribution < 1.29 is 4.74 Å². The van der Waals surface area contributed by atoms with Gasteiger partial charge in [0.25, 0.3) is 0 Å². The first-order valence-electron chi connectivity index (χ1n) is 6.02. The minimum absolute atomic E-state index is 0.0786. The predicted octanol–water partition coefficient (Wildman–Crippen LogP) is 3.32. The van der Waals surface area contributed by atoms with Gasteiger partial charge in [0, 0.05) is 4.47 Å². The average Bonchev–Trinajstić information content (AvgIpc) is 2.43. The minimum Gasteiger partial charge on any atom is -0.497 e. The molecule has 100 valence electrons. The zero-order valence-electron chi connectivity index (χ0n) is 11.0. The Morgan fingerprint density at radius 2 is 1.84 bits per heavy atom. The highest BCUT2D eigenvalue weighted by atomic mass is 79.9. The quantitative estimate of drug-likeness (QED) is 0.671. The van der Waals surface area contributed by atoms with Crippen LogP contribution in [-0.2, 0) is 0 Å². The van der Waals surface area contributed by atoms with E-state index < -0.39 is 0 Å². The highest BCUT2D eigenvalue weighted by Gasteiger charge is 2.16. The maximum atomic E-state index is 5.72. The Hall–Kier alpha value is -1.36. The van der Waals surface area contributed by atoms with Crippen LogP contribution in [0.4, 0.5) is 0 Å². The minimum atomic E-state index is -0.0786. The van der Waals surface area contributed by atoms with Crippen molar-refractivity contribution in [3.05, 3.63) is 63.6 Å². The normalized spacial score (nSPS) is 12.2. The summed E-state index contributed by atoms with van der Waals surface area (Å²) in [5.41, 5.74) is 6.25. The average molecular weight is 321 g/mol. The molecule has 0 heterocycles. The summed E-state index contributed by atoms with van der Waals surface area (Å²) in [6.45, 7) is 2.07. The smallest absolute Gasteiger partial charge is 0.119 e. The number of ether oxygens (including phenoxy) is 1. The van der Waals surface area contributed by atoms with Gasteiger partial charge in [-0.2, -0.15) is 0 Å². The Morgan fingerprint density at radius 3 is 2.42 bits per heavy atom. The zero-order valence-corrected chi connectivity index (χ0v) is 12.6. The van der Waals surface area contributed by atoms with Crippen molar-refractivity contribution in [2.75, 3.05) is 7.11 Å². The molecule has 0 radical (unpaired) electrons. The number of halogens is 1. The predicted molar refractivity (Wildman–Crippen MR) is 81.0 cm³/mol. The van der Waals surface area contributed by atoms with E-state index >= 15 is 0 Å². The molecular formula is C15H17BrN2O. The summed E-state index contributed by atoms with van der Waals surface area (Å²) in [5.74, 6) is 6.53. The molecule has 19 heavy (non-hydrogen) atoms. The van der Waals surface area contributed by atoms with E-state index in [1.54, 1.807) is 7.11 Å². The van der Waals surface area contributed by atoms with Crippen LogP contribution in [0.25, 0.3) is 0 Å². The van der Waals surface area contributed by atoms with Gasteiger partial charge in [-0.05, 0) is 36.2 Å². The van der Waals surface area contributed by atoms with Crippen LogP contribution in [0.5, 0.6) is 5.75 Å². The van der Waals surface area contributed by atoms with Crippen molar-refractivity contribution in [1.82, 2.24) is 5.43 Å². The standard InChI is InChI=1S/C15H17BrN2O/c1-10-3-5-11(6-4-10)15(18-17)13-9-12(19-2)7-8-14(13)16/h3-9,15,18H,17H2,1-2H3. The highest BCUT2D eigenvalue weighted by Crippen LogP contribution is 2.31. The van der Waals surface area contributed by atoms with Gasteiger partial charge in [-0.15, -0.1) is 0 Å². The number of aryl methyl sites for hydroxylation is 1. The topological polar surface area (TPSA) is 47.3 Å². The SMILES string of the molecule is COc1ccc(Br)c(C(NN)c2ccc(C)cc2)c1. The summed E-state index contributed by atoms with van der Waals surface area (Å²) < 4.78 is 6.27. The number of nitrogens with two attached hydrogens (primary N) is 1. The van der Waals surface area contributed by atoms with Crippen molar-refractivity contribution in [1.29, 1.82) is 0 Å². The summed E-state index contributed by atoms with van der Waals surface area (Å²) in [7, 11) is 1.66. The fourth-order valence-electron chi connectivity index (χ4n) is 1.99. The lowest BCUT2D eigenvalue weighted by atomic mass is 9.98. The number of hydrazine groups is 1. The summed E-state index contributed by atoms with van der Waals surface area (Å²) >= 11 is 3.56. The third kappa shape index (κ3) is 3.15. The van der Waals surface area contributed by atoms with Crippen LogP contribution in [0.15, 0.2) is 46.9 Å². The van der Waals surface area contributed by atoms with Crippen molar-refractivity contribution in [2.45, 2.75) is 13.0 Å². The Morgan fingerprint density at radius 1 is 1.16 bits per heavy atom. The molecule has 2 aromatic rings. The number of methoxy groups -OCH3 is 1. The summed E-state index contributed by atoms with van der Waals surface area (Å²) in [6, 6.07) is 14.1. The molecule has 0 aliphatic rings. The van der Waals surface area contributed by atoms with Gasteiger partial charge >= 0.3 is 0 Å². The van der Waals surface area contributed by atoms with Gasteiger partial charge in [-0.3, -0.25) is 5.84 Å². The van der Waals surface area contributed by atoms with Gasteiger partial charge < -0.3 is 4.74 Å². The molecule has 3 nitrogen and oxygen atoms in total. The molecule has 0 saturated heterocycles. The Bertz CT molecular complexity index is 555. The highest BCUT2D eigenvalue weighted by molar-refractivity contribution is 9.10. The van der Waals surface area contributed by atoms with Gasteiger partial charge in [-0.1, -0.05) is 45.8 Å². The summed E-state index contributed by atoms with van der Waals surface area (Å²) in [5, 5.41) is 0. The Labute approximate surface area is 121 Å². The molecule has 0 aromatic heterocycles. The molecule has 3 N–H and O–H groups in total. The van der Waals surface area contributed by atoms with Gasteiger partial charge in [0.05, 0.1) is 13.2 Å². The van der Waals surface area contributed by atoms with E-state index in [0.29, 0.717) is 0 Å². The summed E-state index contributed by atoms with van der Waals surface area (Å²) in [4.78, 5) is 0. The molecule has 2 rings (SSSR count). The van der Waals surface area contributed by atoms with Crippen LogP contribution in [-0.4, -0.2) is 7.11 Å². The number of benzene rings is 2. The van der Waals surface area contributed by atoms with E-state index in [0.717, 1.165) is 21.3 Å². The van der Waals surface area contributed by atoms with Crippen molar-refractivity contribution in [2.24, 2.45) is 5.84 Å². The fourth-order valence-corrected chi connectivity index (χ4v) is 2.47. The van der Waals surface area contributed by atoms with Gasteiger partial charge in [0.15, 0.2) is 0 Å². The molecule has 0 aliphatic heterocycles. The number of rotatable bonds is 4. The molecular weight excluding hydrogens is 304 g/mol. The largest absolute Gasteiger partial charge is 0.497 e. The van der Waals surface area contributed by atoms with E-state index in [1.807, 2.05) is 18.2 Å². The number of nitrogens with one attached hydrogen (secondary N) is 1. The third-order valence-corrected chi connectivity index (χ3v) is 3.81. The molecule has 0 fully saturated rings. The maximum absolute atomic E-state index is 5.72. The van der Waals surface area contributed by atoms with Gasteiger partial charge in [0.1, 0.15) is 5.75 Å². The maximum Gasteiger partial charge on any atom is 0.119 e. The van der Waals surface area contributed by atoms with Gasteiger partial charge in [0.2, 0.25) is 0 Å². The van der Waals surface area contributed by atoms with E-state index in [1.165, 1.54) is 5.56 Å². The molecule has 0 bridgehead atoms. The lowest BCUT2D eigenvalue weighted by Crippen LogP contribution is -2.29. The molecule has 0 saturated carbocycles. The van der Waals surface area contributed by atoms with Crippen LogP contribution in [0.2, 0.25) is 0 Å². The second-order valence-electron chi connectivity index (χ2n) is 4.40. The van der Waals surface area contributed by atoms with Crippen molar-refractivity contribution in [3.8, 4) is 5.75 Å². The van der Waals surface area contributed by atoms with Gasteiger partial charge in [-0.25, -0.2) is 5.43 Å².